The molecule has 1 N–H and O–H groups in total. The van der Waals surface area contributed by atoms with Gasteiger partial charge in [0, 0.05) is 6.92 Å². The molecule has 0 aliphatic rings. The van der Waals surface area contributed by atoms with Crippen LogP contribution in [0.1, 0.15) is 5.69 Å². The summed E-state index contributed by atoms with van der Waals surface area (Å²) in [6.07, 6.45) is 3.94. The minimum atomic E-state index is -6.00. The van der Waals surface area contributed by atoms with Crippen LogP contribution in [0.2, 0.25) is 0 Å². The first-order valence-electron chi connectivity index (χ1n) is 3.16. The van der Waals surface area contributed by atoms with E-state index >= 15 is 0 Å². The van der Waals surface area contributed by atoms with Crippen LogP contribution in [0.4, 0.5) is 17.3 Å². The standard InChI is InChI=1S/C5H8N2.BF4/c1-5-3-7(2)4-6-5;2-1(3,4)5/h3-4H,1-2H3;/q;-1/p+1. The molecule has 12 heavy (non-hydrogen) atoms. The summed E-state index contributed by atoms with van der Waals surface area (Å²) in [6, 6.07) is 0. The van der Waals surface area contributed by atoms with E-state index in [1.165, 1.54) is 5.69 Å². The van der Waals surface area contributed by atoms with Crippen molar-refractivity contribution in [3.05, 3.63) is 18.2 Å². The largest absolute Gasteiger partial charge is 0.673 e. The summed E-state index contributed by atoms with van der Waals surface area (Å²) in [7, 11) is -4.01. The van der Waals surface area contributed by atoms with Gasteiger partial charge in [-0.2, -0.15) is 0 Å². The van der Waals surface area contributed by atoms with Crippen molar-refractivity contribution in [3.8, 4) is 0 Å². The van der Waals surface area contributed by atoms with Gasteiger partial charge in [-0.1, -0.05) is 0 Å². The Bertz CT molecular complexity index is 209. The molecule has 2 nitrogen and oxygen atoms in total. The van der Waals surface area contributed by atoms with E-state index in [4.69, 9.17) is 0 Å². The number of aromatic amines is 1. The Balaban J connectivity index is 0.000000217. The number of nitrogens with one attached hydrogen (secondary N) is 1. The fourth-order valence-corrected chi connectivity index (χ4v) is 0.584. The second-order valence-corrected chi connectivity index (χ2v) is 2.25. The molecule has 0 fully saturated rings. The minimum Gasteiger partial charge on any atom is -0.418 e. The number of imidazole rings is 1. The normalized spacial score (nSPS) is 10.5. The SMILES string of the molecule is Cc1c[n+](C)c[nH]1.F[B-](F)(F)F. The second kappa shape index (κ2) is 4.13. The summed E-state index contributed by atoms with van der Waals surface area (Å²) < 4.78 is 41.0. The zero-order valence-corrected chi connectivity index (χ0v) is 6.69. The molecule has 1 aromatic heterocycles. The number of H-pyrrole nitrogens is 1. The number of nitrogens with zero attached hydrogens (tertiary/aromatic N) is 1. The Hall–Kier alpha value is -1.01. The first kappa shape index (κ1) is 11.0. The monoisotopic (exact) mass is 184 g/mol. The van der Waals surface area contributed by atoms with Crippen LogP contribution in [0, 0.1) is 6.92 Å². The molecule has 7 heteroatoms. The molecule has 70 valence electrons. The lowest BCUT2D eigenvalue weighted by Gasteiger charge is -1.94. The topological polar surface area (TPSA) is 19.7 Å². The molecule has 1 rings (SSSR count). The molecular formula is C5H9BF4N2. The molecule has 0 saturated carbocycles. The number of halogens is 4. The Morgan fingerprint density at radius 3 is 1.83 bits per heavy atom. The van der Waals surface area contributed by atoms with Crippen LogP contribution < -0.4 is 4.57 Å². The summed E-state index contributed by atoms with van der Waals surface area (Å²) in [5.41, 5.74) is 1.20. The highest BCUT2D eigenvalue weighted by Crippen LogP contribution is 2.06. The average Bonchev–Trinajstić information content (AvgIpc) is 2.09. The number of rotatable bonds is 0. The second-order valence-electron chi connectivity index (χ2n) is 2.25. The number of hydrogen-bond donors (Lipinski definition) is 1. The quantitative estimate of drug-likeness (QED) is 0.357. The third-order valence-corrected chi connectivity index (χ3v) is 0.893. The van der Waals surface area contributed by atoms with E-state index in [9.17, 15) is 17.3 Å². The van der Waals surface area contributed by atoms with Crippen LogP contribution in [-0.4, -0.2) is 12.2 Å². The van der Waals surface area contributed by atoms with E-state index < -0.39 is 7.25 Å². The lowest BCUT2D eigenvalue weighted by molar-refractivity contribution is -0.670. The van der Waals surface area contributed by atoms with Gasteiger partial charge in [-0.25, -0.2) is 9.55 Å². The molecule has 0 aliphatic carbocycles. The maximum atomic E-state index is 9.75. The number of aryl methyl sites for hydroxylation is 2. The summed E-state index contributed by atoms with van der Waals surface area (Å²) >= 11 is 0. The van der Waals surface area contributed by atoms with E-state index in [1.54, 1.807) is 0 Å². The first-order valence-corrected chi connectivity index (χ1v) is 3.16. The van der Waals surface area contributed by atoms with Crippen LogP contribution in [0.15, 0.2) is 12.5 Å². The Kier molecular flexibility index (Phi) is 3.78. The fraction of sp³-hybridized carbons (Fsp3) is 0.400. The molecule has 0 spiro atoms. The highest BCUT2D eigenvalue weighted by molar-refractivity contribution is 6.50. The lowest BCUT2D eigenvalue weighted by atomic mass is 10.3. The highest BCUT2D eigenvalue weighted by Gasteiger charge is 2.20. The van der Waals surface area contributed by atoms with Crippen LogP contribution in [0.25, 0.3) is 0 Å². The van der Waals surface area contributed by atoms with Gasteiger partial charge in [-0.15, -0.1) is 0 Å². The summed E-state index contributed by atoms with van der Waals surface area (Å²) in [4.78, 5) is 3.03. The summed E-state index contributed by atoms with van der Waals surface area (Å²) in [5, 5.41) is 0. The Morgan fingerprint density at radius 1 is 1.33 bits per heavy atom. The van der Waals surface area contributed by atoms with Crippen LogP contribution in [0.5, 0.6) is 0 Å². The minimum absolute atomic E-state index is 1.20. The van der Waals surface area contributed by atoms with E-state index in [1.807, 2.05) is 31.1 Å². The molecule has 0 aliphatic heterocycles. The predicted octanol–water partition coefficient (Wildman–Crippen LogP) is 1.45. The molecule has 1 aromatic rings. The Morgan fingerprint density at radius 2 is 1.75 bits per heavy atom. The van der Waals surface area contributed by atoms with Gasteiger partial charge in [0.1, 0.15) is 11.9 Å². The van der Waals surface area contributed by atoms with E-state index in [0.29, 0.717) is 0 Å². The maximum Gasteiger partial charge on any atom is 0.673 e. The van der Waals surface area contributed by atoms with Gasteiger partial charge in [-0.05, 0) is 0 Å². The molecule has 0 bridgehead atoms. The fourth-order valence-electron chi connectivity index (χ4n) is 0.584. The van der Waals surface area contributed by atoms with Crippen molar-refractivity contribution in [1.82, 2.24) is 4.98 Å². The van der Waals surface area contributed by atoms with Crippen molar-refractivity contribution in [2.24, 2.45) is 7.05 Å². The lowest BCUT2D eigenvalue weighted by Crippen LogP contribution is -2.22. The summed E-state index contributed by atoms with van der Waals surface area (Å²) in [6.45, 7) is 2.03. The molecule has 0 aromatic carbocycles. The van der Waals surface area contributed by atoms with Gasteiger partial charge < -0.3 is 17.3 Å². The molecular weight excluding hydrogens is 175 g/mol. The first-order chi connectivity index (χ1) is 5.29. The van der Waals surface area contributed by atoms with Crippen molar-refractivity contribution < 1.29 is 21.8 Å². The van der Waals surface area contributed by atoms with Crippen molar-refractivity contribution in [2.45, 2.75) is 6.92 Å². The Labute approximate surface area is 67.3 Å². The molecule has 0 amide bonds. The third-order valence-electron chi connectivity index (χ3n) is 0.893. The van der Waals surface area contributed by atoms with Crippen molar-refractivity contribution in [3.63, 3.8) is 0 Å². The zero-order chi connectivity index (χ0) is 9.78. The molecule has 0 radical (unpaired) electrons. The van der Waals surface area contributed by atoms with Gasteiger partial charge in [-0.3, -0.25) is 0 Å². The maximum absolute atomic E-state index is 9.75. The van der Waals surface area contributed by atoms with Crippen LogP contribution >= 0.6 is 0 Å². The van der Waals surface area contributed by atoms with Gasteiger partial charge in [0.15, 0.2) is 0 Å². The number of hydrogen-bond acceptors (Lipinski definition) is 0. The van der Waals surface area contributed by atoms with Crippen molar-refractivity contribution in [1.29, 1.82) is 0 Å². The van der Waals surface area contributed by atoms with Gasteiger partial charge in [0.2, 0.25) is 6.33 Å². The van der Waals surface area contributed by atoms with Crippen LogP contribution in [-0.2, 0) is 7.05 Å². The molecule has 1 heterocycles. The third kappa shape index (κ3) is 8.99. The van der Waals surface area contributed by atoms with Crippen LogP contribution in [0.3, 0.4) is 0 Å². The number of aromatic nitrogens is 2. The van der Waals surface area contributed by atoms with E-state index in [-0.39, 0.29) is 0 Å². The smallest absolute Gasteiger partial charge is 0.418 e. The van der Waals surface area contributed by atoms with E-state index in [2.05, 4.69) is 4.98 Å². The molecule has 0 atom stereocenters. The summed E-state index contributed by atoms with van der Waals surface area (Å²) in [5.74, 6) is 0. The van der Waals surface area contributed by atoms with Gasteiger partial charge in [0.05, 0.1) is 7.05 Å². The predicted molar refractivity (Wildman–Crippen MR) is 36.9 cm³/mol. The highest BCUT2D eigenvalue weighted by atomic mass is 19.5. The van der Waals surface area contributed by atoms with Crippen molar-refractivity contribution >= 4 is 7.25 Å². The molecule has 0 saturated heterocycles. The van der Waals surface area contributed by atoms with Gasteiger partial charge in [0.25, 0.3) is 0 Å². The zero-order valence-electron chi connectivity index (χ0n) is 6.69. The van der Waals surface area contributed by atoms with Gasteiger partial charge >= 0.3 is 7.25 Å². The van der Waals surface area contributed by atoms with E-state index in [0.717, 1.165) is 0 Å². The molecule has 0 unspecified atom stereocenters. The average molecular weight is 184 g/mol. The van der Waals surface area contributed by atoms with Crippen molar-refractivity contribution in [2.75, 3.05) is 0 Å².